The molecule has 0 bridgehead atoms. The summed E-state index contributed by atoms with van der Waals surface area (Å²) in [5.74, 6) is 3.88. The van der Waals surface area contributed by atoms with E-state index in [0.717, 1.165) is 16.2 Å². The lowest BCUT2D eigenvalue weighted by Gasteiger charge is -2.27. The van der Waals surface area contributed by atoms with E-state index in [9.17, 15) is 24.0 Å². The van der Waals surface area contributed by atoms with Crippen molar-refractivity contribution in [3.63, 3.8) is 0 Å². The lowest BCUT2D eigenvalue weighted by Crippen LogP contribution is -2.54. The number of hydrogen-bond acceptors (Lipinski definition) is 12. The summed E-state index contributed by atoms with van der Waals surface area (Å²) in [4.78, 5) is 69.7. The molecule has 0 radical (unpaired) electrons. The molecule has 2 aliphatic heterocycles. The number of rotatable bonds is 12. The third-order valence-corrected chi connectivity index (χ3v) is 8.66. The van der Waals surface area contributed by atoms with Gasteiger partial charge in [0.1, 0.15) is 23.2 Å². The molecular weight excluding hydrogens is 668 g/mol. The summed E-state index contributed by atoms with van der Waals surface area (Å²) in [5.41, 5.74) is 3.32. The first-order chi connectivity index (χ1) is 24.7. The van der Waals surface area contributed by atoms with Gasteiger partial charge in [-0.15, -0.1) is 0 Å². The third-order valence-electron chi connectivity index (χ3n) is 8.66. The fourth-order valence-electron chi connectivity index (χ4n) is 5.93. The Morgan fingerprint density at radius 2 is 1.69 bits per heavy atom. The number of nitrogens with two attached hydrogens (primary N) is 1. The number of fused-ring (bicyclic) bond motifs is 1. The highest BCUT2D eigenvalue weighted by atomic mass is 16.5. The van der Waals surface area contributed by atoms with Crippen LogP contribution in [-0.4, -0.2) is 79.2 Å². The number of ether oxygens (including phenoxy) is 2. The molecule has 1 unspecified atom stereocenters. The second-order valence-corrected chi connectivity index (χ2v) is 13.2. The van der Waals surface area contributed by atoms with Gasteiger partial charge in [-0.3, -0.25) is 34.2 Å². The van der Waals surface area contributed by atoms with Crippen LogP contribution in [0.1, 0.15) is 66.8 Å². The van der Waals surface area contributed by atoms with Crippen LogP contribution in [0.5, 0.6) is 11.5 Å². The van der Waals surface area contributed by atoms with Gasteiger partial charge in [-0.05, 0) is 66.8 Å². The molecule has 3 aromatic carbocycles. The summed E-state index contributed by atoms with van der Waals surface area (Å²) >= 11 is 0. The molecule has 52 heavy (non-hydrogen) atoms. The van der Waals surface area contributed by atoms with Gasteiger partial charge in [0.15, 0.2) is 5.71 Å². The number of piperidine rings is 1. The summed E-state index contributed by atoms with van der Waals surface area (Å²) in [6.45, 7) is 8.52. The number of hydrazone groups is 1. The van der Waals surface area contributed by atoms with Gasteiger partial charge >= 0.3 is 0 Å². The van der Waals surface area contributed by atoms with Crippen molar-refractivity contribution in [2.24, 2.45) is 15.9 Å². The highest BCUT2D eigenvalue weighted by molar-refractivity contribution is 6.68. The van der Waals surface area contributed by atoms with Crippen molar-refractivity contribution < 1.29 is 33.4 Å². The first kappa shape index (κ1) is 37.0. The van der Waals surface area contributed by atoms with Gasteiger partial charge in [0.05, 0.1) is 31.1 Å². The van der Waals surface area contributed by atoms with Crippen LogP contribution in [0.2, 0.25) is 0 Å². The van der Waals surface area contributed by atoms with Crippen molar-refractivity contribution in [1.82, 2.24) is 10.2 Å². The Morgan fingerprint density at radius 3 is 2.37 bits per heavy atom. The van der Waals surface area contributed by atoms with E-state index in [1.807, 2.05) is 12.1 Å². The molecule has 0 saturated carbocycles. The molecule has 1 atom stereocenters. The Kier molecular flexibility index (Phi) is 10.9. The van der Waals surface area contributed by atoms with Gasteiger partial charge in [0.25, 0.3) is 17.7 Å². The third kappa shape index (κ3) is 7.88. The standard InChI is InChI=1S/C37H42N8O7/c1-20(41-27-19-24(51-5)10-12-29(27)52-6)32(44-38)34(48)42-23-17-21(37(2,3)4)16-22(18-23)39-14-15-40-26-9-7-8-25-31(26)36(50)45(35(25)49)28-11-13-30(46)43-33(28)47/h7-10,12,16-19,28,39-40H,11,13-15,38H2,1-6H3,(H,42,48)(H,43,46,47)/b41-20?,44-32+. The van der Waals surface area contributed by atoms with E-state index < -0.39 is 35.6 Å². The minimum Gasteiger partial charge on any atom is -0.497 e. The van der Waals surface area contributed by atoms with Crippen molar-refractivity contribution in [2.45, 2.75) is 52.0 Å². The van der Waals surface area contributed by atoms with Crippen LogP contribution < -0.4 is 36.6 Å². The van der Waals surface area contributed by atoms with Crippen molar-refractivity contribution in [3.05, 3.63) is 71.3 Å². The SMILES string of the molecule is COc1ccc(OC)c(N=C(C)/C(=N\N)C(=O)Nc2cc(NCCNc3cccc4c3C(=O)N(C3CCC(=O)NC3=O)C4=O)cc(C(C)(C)C)c2)c1. The predicted molar refractivity (Wildman–Crippen MR) is 198 cm³/mol. The van der Waals surface area contributed by atoms with Gasteiger partial charge in [0, 0.05) is 42.6 Å². The van der Waals surface area contributed by atoms with Crippen molar-refractivity contribution >= 4 is 63.7 Å². The van der Waals surface area contributed by atoms with Crippen molar-refractivity contribution in [3.8, 4) is 11.5 Å². The number of hydrogen-bond donors (Lipinski definition) is 5. The number of nitrogens with one attached hydrogen (secondary N) is 4. The maximum Gasteiger partial charge on any atom is 0.277 e. The molecule has 0 spiro atoms. The Hall–Kier alpha value is -6.25. The monoisotopic (exact) mass is 710 g/mol. The molecule has 15 nitrogen and oxygen atoms in total. The van der Waals surface area contributed by atoms with E-state index in [2.05, 4.69) is 52.1 Å². The lowest BCUT2D eigenvalue weighted by molar-refractivity contribution is -0.136. The average Bonchev–Trinajstić information content (AvgIpc) is 3.35. The maximum absolute atomic E-state index is 13.5. The summed E-state index contributed by atoms with van der Waals surface area (Å²) in [7, 11) is 3.05. The minimum absolute atomic E-state index is 0.0397. The number of nitrogens with zero attached hydrogens (tertiary/aromatic N) is 3. The molecule has 272 valence electrons. The zero-order valence-electron chi connectivity index (χ0n) is 29.9. The molecule has 3 aromatic rings. The summed E-state index contributed by atoms with van der Waals surface area (Å²) in [6, 6.07) is 14.6. The maximum atomic E-state index is 13.5. The summed E-state index contributed by atoms with van der Waals surface area (Å²) < 4.78 is 10.7. The van der Waals surface area contributed by atoms with Crippen LogP contribution in [0.3, 0.4) is 0 Å². The largest absolute Gasteiger partial charge is 0.497 e. The number of carbonyl (C=O) groups is 5. The Morgan fingerprint density at radius 1 is 0.962 bits per heavy atom. The second-order valence-electron chi connectivity index (χ2n) is 13.2. The second kappa shape index (κ2) is 15.3. The number of aliphatic imine (C=N–C) groups is 1. The number of amides is 5. The molecule has 1 fully saturated rings. The predicted octanol–water partition coefficient (Wildman–Crippen LogP) is 3.97. The zero-order chi connectivity index (χ0) is 37.7. The quantitative estimate of drug-likeness (QED) is 0.0601. The van der Waals surface area contributed by atoms with Gasteiger partial charge in [-0.25, -0.2) is 4.99 Å². The van der Waals surface area contributed by atoms with E-state index in [4.69, 9.17) is 15.3 Å². The lowest BCUT2D eigenvalue weighted by atomic mass is 9.86. The fourth-order valence-corrected chi connectivity index (χ4v) is 5.93. The molecule has 0 aliphatic carbocycles. The summed E-state index contributed by atoms with van der Waals surface area (Å²) in [6.07, 6.45) is 0.114. The molecule has 0 aromatic heterocycles. The number of benzene rings is 3. The topological polar surface area (TPSA) is 206 Å². The highest BCUT2D eigenvalue weighted by Crippen LogP contribution is 2.34. The van der Waals surface area contributed by atoms with E-state index in [1.165, 1.54) is 14.2 Å². The number of carbonyl (C=O) groups excluding carboxylic acids is 5. The van der Waals surface area contributed by atoms with Gasteiger partial charge in [-0.2, -0.15) is 5.10 Å². The minimum atomic E-state index is -1.05. The molecule has 15 heteroatoms. The zero-order valence-corrected chi connectivity index (χ0v) is 29.9. The van der Waals surface area contributed by atoms with Crippen molar-refractivity contribution in [1.29, 1.82) is 0 Å². The smallest absolute Gasteiger partial charge is 0.277 e. The van der Waals surface area contributed by atoms with Crippen LogP contribution in [-0.2, 0) is 19.8 Å². The first-order valence-corrected chi connectivity index (χ1v) is 16.6. The Balaban J connectivity index is 1.28. The summed E-state index contributed by atoms with van der Waals surface area (Å²) in [5, 5.41) is 15.4. The van der Waals surface area contributed by atoms with Gasteiger partial charge in [-0.1, -0.05) is 26.8 Å². The van der Waals surface area contributed by atoms with E-state index in [1.54, 1.807) is 49.4 Å². The number of methoxy groups -OCH3 is 2. The van der Waals surface area contributed by atoms with E-state index in [-0.39, 0.29) is 40.8 Å². The van der Waals surface area contributed by atoms with Gasteiger partial charge < -0.3 is 31.3 Å². The molecule has 2 aliphatic rings. The average molecular weight is 711 g/mol. The molecule has 5 amide bonds. The number of imide groups is 2. The van der Waals surface area contributed by atoms with Crippen LogP contribution in [0.25, 0.3) is 0 Å². The fraction of sp³-hybridized carbons (Fsp3) is 0.324. The van der Waals surface area contributed by atoms with Crippen LogP contribution in [0.4, 0.5) is 22.7 Å². The van der Waals surface area contributed by atoms with E-state index in [0.29, 0.717) is 41.7 Å². The normalized spacial score (nSPS) is 16.3. The Bertz CT molecular complexity index is 2000. The van der Waals surface area contributed by atoms with Crippen LogP contribution >= 0.6 is 0 Å². The molecule has 1 saturated heterocycles. The molecule has 2 heterocycles. The Labute approximate surface area is 301 Å². The van der Waals surface area contributed by atoms with E-state index >= 15 is 0 Å². The van der Waals surface area contributed by atoms with Crippen molar-refractivity contribution in [2.75, 3.05) is 43.3 Å². The molecular formula is C37H42N8O7. The van der Waals surface area contributed by atoms with Gasteiger partial charge in [0.2, 0.25) is 11.8 Å². The van der Waals surface area contributed by atoms with Crippen LogP contribution in [0.15, 0.2) is 64.7 Å². The first-order valence-electron chi connectivity index (χ1n) is 16.6. The number of anilines is 3. The van der Waals surface area contributed by atoms with Crippen LogP contribution in [0, 0.1) is 0 Å². The molecule has 5 rings (SSSR count). The highest BCUT2D eigenvalue weighted by Gasteiger charge is 2.45. The molecule has 6 N–H and O–H groups in total.